The molecule has 88 heavy (non-hydrogen) atoms. The molecule has 3 aromatic rings. The summed E-state index contributed by atoms with van der Waals surface area (Å²) in [5, 5.41) is 48.0. The SMILES string of the molecule is CSCC[C@@H]1NC(=O)[C@@H]2CSCc3cc(cc(c3)OCCCCCCO/N=C/C(=O)NCC(=O)N2)CSC[C@@H](C(N)=O)NC(=O)[C@H](Cc2ccccc2)NC(=O)[C@H](C)NC(=O)[C@H](Cc2ccccc2)NC(=O)[C@H](CC(=O)[O-])NC(=O)[C@H](CC(=O)O)NC1=O. The summed E-state index contributed by atoms with van der Waals surface area (Å²) in [6.45, 7) is 1.22. The van der Waals surface area contributed by atoms with E-state index < -0.39 is 139 Å². The van der Waals surface area contributed by atoms with Crippen molar-refractivity contribution in [1.82, 2.24) is 47.9 Å². The second kappa shape index (κ2) is 37.3. The Morgan fingerprint density at radius 1 is 0.636 bits per heavy atom. The molecule has 476 valence electrons. The number of carboxylic acid groups (broad SMARTS) is 2. The number of aliphatic carboxylic acids is 2. The first-order valence-electron chi connectivity index (χ1n) is 28.2. The van der Waals surface area contributed by atoms with Gasteiger partial charge in [0.1, 0.15) is 66.9 Å². The Morgan fingerprint density at radius 2 is 1.16 bits per heavy atom. The van der Waals surface area contributed by atoms with E-state index in [-0.39, 0.29) is 54.6 Å². The number of carboxylic acids is 2. The number of carbonyl (C=O) groups is 12. The molecule has 10 amide bonds. The zero-order chi connectivity index (χ0) is 64.0. The number of nitrogens with one attached hydrogen (secondary N) is 9. The molecule has 0 unspecified atom stereocenters. The lowest BCUT2D eigenvalue weighted by atomic mass is 10.0. The Kier molecular flexibility index (Phi) is 29.9. The number of fused-ring (bicyclic) bond motifs is 5. The maximum Gasteiger partial charge on any atom is 0.305 e. The van der Waals surface area contributed by atoms with Crippen molar-refractivity contribution in [2.24, 2.45) is 10.9 Å². The number of benzene rings is 3. The first-order chi connectivity index (χ1) is 42.2. The molecule has 12 N–H and O–H groups in total. The molecule has 0 saturated heterocycles. The molecule has 2 aliphatic rings. The molecule has 0 saturated carbocycles. The third-order valence-electron chi connectivity index (χ3n) is 13.4. The van der Waals surface area contributed by atoms with E-state index in [1.807, 2.05) is 12.1 Å². The zero-order valence-corrected chi connectivity index (χ0v) is 51.0. The number of ether oxygens (including phenoxy) is 1. The summed E-state index contributed by atoms with van der Waals surface area (Å²) in [6, 6.07) is 9.60. The van der Waals surface area contributed by atoms with Gasteiger partial charge >= 0.3 is 5.97 Å². The molecule has 5 rings (SSSR count). The van der Waals surface area contributed by atoms with Gasteiger partial charge in [0.15, 0.2) is 0 Å². The maximum atomic E-state index is 14.4. The van der Waals surface area contributed by atoms with Crippen molar-refractivity contribution in [3.05, 3.63) is 101 Å². The van der Waals surface area contributed by atoms with Gasteiger partial charge in [-0.05, 0) is 85.4 Å². The van der Waals surface area contributed by atoms with Crippen LogP contribution in [0.2, 0.25) is 0 Å². The third-order valence-corrected chi connectivity index (χ3v) is 16.2. The van der Waals surface area contributed by atoms with Crippen LogP contribution in [-0.2, 0) is 86.7 Å². The van der Waals surface area contributed by atoms with Gasteiger partial charge in [-0.25, -0.2) is 0 Å². The van der Waals surface area contributed by atoms with Crippen LogP contribution in [0.15, 0.2) is 84.0 Å². The Balaban J connectivity index is 1.56. The van der Waals surface area contributed by atoms with Gasteiger partial charge in [-0.1, -0.05) is 71.9 Å². The largest absolute Gasteiger partial charge is 0.550 e. The van der Waals surface area contributed by atoms with E-state index in [1.165, 1.54) is 42.2 Å². The van der Waals surface area contributed by atoms with E-state index in [4.69, 9.17) is 15.3 Å². The molecule has 0 radical (unpaired) electrons. The van der Waals surface area contributed by atoms with Crippen molar-refractivity contribution in [3.63, 3.8) is 0 Å². The predicted octanol–water partition coefficient (Wildman–Crippen LogP) is -1.53. The van der Waals surface area contributed by atoms with Gasteiger partial charge < -0.3 is 78.2 Å². The molecule has 2 aliphatic heterocycles. The van der Waals surface area contributed by atoms with E-state index in [2.05, 4.69) is 53.0 Å². The van der Waals surface area contributed by atoms with Gasteiger partial charge in [0.05, 0.1) is 19.6 Å². The van der Waals surface area contributed by atoms with E-state index in [0.717, 1.165) is 24.6 Å². The molecule has 0 fully saturated rings. The molecular weight excluding hydrogens is 1200 g/mol. The standard InChI is InChI=1S/C58H75N11O16S3/c1-34-52(77)65-42(25-36-15-9-6-10-16-36)55(80)69-45(51(59)76)32-87-30-37-21-38-23-39(22-37)84-18-11-3-4-12-19-85-61-29-47(70)60-28-48(71)63-46(33-88-31-38)58(83)64-40(17-20-86-2)53(78)67-43(26-49(72)73)57(82)68-44(27-50(74)75)56(81)66-41(54(79)62-34)24-35-13-7-5-8-14-35/h5-10,13-16,21-23,29,34,40-46H,3-4,11-12,17-20,24-28,30-33H2,1-2H3,(H2,59,76)(H,60,70)(H,62,79)(H,63,71)(H,64,83)(H,65,77)(H,66,81)(H,67,78)(H,68,82)(H,69,80)(H,72,73)(H,74,75)/p-1/b61-29+/t34-,40-,41-,42-,43-,44-,45-,46-/m0/s1. The van der Waals surface area contributed by atoms with Gasteiger partial charge in [-0.2, -0.15) is 35.3 Å². The summed E-state index contributed by atoms with van der Waals surface area (Å²) in [5.41, 5.74) is 8.40. The smallest absolute Gasteiger partial charge is 0.305 e. The van der Waals surface area contributed by atoms with Crippen molar-refractivity contribution in [2.75, 3.05) is 43.3 Å². The van der Waals surface area contributed by atoms with Crippen LogP contribution in [-0.4, -0.2) is 174 Å². The Hall–Kier alpha value is -8.38. The van der Waals surface area contributed by atoms with Crippen LogP contribution in [0, 0.1) is 0 Å². The highest BCUT2D eigenvalue weighted by Gasteiger charge is 2.35. The summed E-state index contributed by atoms with van der Waals surface area (Å²) in [7, 11) is 0. The third kappa shape index (κ3) is 25.5. The highest BCUT2D eigenvalue weighted by molar-refractivity contribution is 7.99. The molecule has 0 aliphatic carbocycles. The molecule has 3 aromatic carbocycles. The molecule has 0 aromatic heterocycles. The van der Waals surface area contributed by atoms with Crippen LogP contribution in [0.5, 0.6) is 5.75 Å². The Labute approximate surface area is 520 Å². The normalized spacial score (nSPS) is 24.0. The number of nitrogens with zero attached hydrogens (tertiary/aromatic N) is 1. The van der Waals surface area contributed by atoms with Gasteiger partial charge in [-0.15, -0.1) is 0 Å². The fraction of sp³-hybridized carbons (Fsp3) is 0.466. The average molecular weight is 1280 g/mol. The van der Waals surface area contributed by atoms with Gasteiger partial charge in [0.2, 0.25) is 53.2 Å². The van der Waals surface area contributed by atoms with Crippen LogP contribution in [0.1, 0.15) is 74.1 Å². The van der Waals surface area contributed by atoms with Crippen LogP contribution in [0.4, 0.5) is 0 Å². The summed E-state index contributed by atoms with van der Waals surface area (Å²) >= 11 is 3.72. The number of hydrogen-bond acceptors (Lipinski definition) is 19. The molecule has 30 heteroatoms. The average Bonchev–Trinajstić information content (AvgIpc) is 3.62. The molecule has 8 atom stereocenters. The van der Waals surface area contributed by atoms with E-state index in [0.29, 0.717) is 41.9 Å². The highest BCUT2D eigenvalue weighted by atomic mass is 32.2. The van der Waals surface area contributed by atoms with Gasteiger partial charge in [0.25, 0.3) is 5.91 Å². The molecule has 4 bridgehead atoms. The molecule has 27 nitrogen and oxygen atoms in total. The maximum absolute atomic E-state index is 14.4. The van der Waals surface area contributed by atoms with Crippen LogP contribution in [0.3, 0.4) is 0 Å². The number of oxime groups is 1. The quantitative estimate of drug-likeness (QED) is 0.0980. The number of rotatable bonds is 12. The minimum Gasteiger partial charge on any atom is -0.550 e. The second-order valence-electron chi connectivity index (χ2n) is 20.5. The number of primary amides is 1. The number of amides is 10. The summed E-state index contributed by atoms with van der Waals surface area (Å²) in [5.74, 6) is -12.2. The number of thioether (sulfide) groups is 3. The summed E-state index contributed by atoms with van der Waals surface area (Å²) in [4.78, 5) is 168. The van der Waals surface area contributed by atoms with E-state index in [9.17, 15) is 67.7 Å². The zero-order valence-electron chi connectivity index (χ0n) is 48.5. The van der Waals surface area contributed by atoms with Crippen molar-refractivity contribution in [2.45, 2.75) is 125 Å². The number of nitrogens with two attached hydrogens (primary N) is 1. The van der Waals surface area contributed by atoms with E-state index >= 15 is 0 Å². The van der Waals surface area contributed by atoms with Crippen LogP contribution in [0.25, 0.3) is 0 Å². The minimum atomic E-state index is -2.08. The molecule has 0 spiro atoms. The molecule has 2 heterocycles. The van der Waals surface area contributed by atoms with Crippen LogP contribution >= 0.6 is 35.3 Å². The van der Waals surface area contributed by atoms with Crippen molar-refractivity contribution in [3.8, 4) is 5.75 Å². The number of hydrogen-bond donors (Lipinski definition) is 11. The topological polar surface area (TPSA) is 413 Å². The molecular formula is C58H74N11O16S3-. The lowest BCUT2D eigenvalue weighted by Gasteiger charge is -2.27. The fourth-order valence-electron chi connectivity index (χ4n) is 8.77. The Morgan fingerprint density at radius 3 is 1.74 bits per heavy atom. The second-order valence-corrected chi connectivity index (χ2v) is 23.6. The minimum absolute atomic E-state index is 0.0289. The first kappa shape index (κ1) is 70.4. The summed E-state index contributed by atoms with van der Waals surface area (Å²) < 4.78 is 6.22. The van der Waals surface area contributed by atoms with Gasteiger partial charge in [-0.3, -0.25) is 52.7 Å². The van der Waals surface area contributed by atoms with E-state index in [1.54, 1.807) is 73.0 Å². The fourth-order valence-corrected chi connectivity index (χ4v) is 11.2. The van der Waals surface area contributed by atoms with Crippen LogP contribution < -0.4 is 63.4 Å². The first-order valence-corrected chi connectivity index (χ1v) is 31.9. The monoisotopic (exact) mass is 1280 g/mol. The summed E-state index contributed by atoms with van der Waals surface area (Å²) in [6.07, 6.45) is 2.57. The van der Waals surface area contributed by atoms with Crippen molar-refractivity contribution in [1.29, 1.82) is 0 Å². The van der Waals surface area contributed by atoms with Gasteiger partial charge in [0, 0.05) is 48.2 Å². The van der Waals surface area contributed by atoms with Crippen molar-refractivity contribution >= 4 is 113 Å². The predicted molar refractivity (Wildman–Crippen MR) is 326 cm³/mol. The van der Waals surface area contributed by atoms with Crippen molar-refractivity contribution < 1.29 is 77.3 Å². The number of carbonyl (C=O) groups excluding carboxylic acids is 11. The Bertz CT molecular complexity index is 2950. The lowest BCUT2D eigenvalue weighted by Crippen LogP contribution is -2.61. The highest BCUT2D eigenvalue weighted by Crippen LogP contribution is 2.26. The lowest BCUT2D eigenvalue weighted by molar-refractivity contribution is -0.306.